The molecule has 1 saturated carbocycles. The van der Waals surface area contributed by atoms with Crippen molar-refractivity contribution in [3.8, 4) is 0 Å². The Morgan fingerprint density at radius 3 is 2.77 bits per heavy atom. The summed E-state index contributed by atoms with van der Waals surface area (Å²) in [7, 11) is 0. The highest BCUT2D eigenvalue weighted by molar-refractivity contribution is 5.08. The normalized spacial score (nSPS) is 19.0. The van der Waals surface area contributed by atoms with E-state index in [-0.39, 0.29) is 0 Å². The number of hydrogen-bond donors (Lipinski definition) is 1. The lowest BCUT2D eigenvalue weighted by Gasteiger charge is -2.11. The average molecular weight is 180 g/mol. The van der Waals surface area contributed by atoms with Crippen molar-refractivity contribution in [3.05, 3.63) is 11.4 Å². The molecule has 0 aromatic carbocycles. The number of nitrogens with zero attached hydrogens (tertiary/aromatic N) is 3. The SMILES string of the molecule is Cc1c(CN)nnn1C(C)C1CC1. The molecule has 72 valence electrons. The zero-order valence-corrected chi connectivity index (χ0v) is 8.20. The lowest BCUT2D eigenvalue weighted by Crippen LogP contribution is -2.11. The largest absolute Gasteiger partial charge is 0.325 e. The summed E-state index contributed by atoms with van der Waals surface area (Å²) in [5, 5.41) is 8.19. The second kappa shape index (κ2) is 3.10. The molecule has 1 aliphatic rings. The molecule has 4 heteroatoms. The second-order valence-corrected chi connectivity index (χ2v) is 3.85. The van der Waals surface area contributed by atoms with Gasteiger partial charge in [-0.2, -0.15) is 0 Å². The van der Waals surface area contributed by atoms with E-state index in [1.54, 1.807) is 0 Å². The van der Waals surface area contributed by atoms with E-state index in [0.717, 1.165) is 17.3 Å². The smallest absolute Gasteiger partial charge is 0.0991 e. The molecule has 4 nitrogen and oxygen atoms in total. The second-order valence-electron chi connectivity index (χ2n) is 3.85. The first-order chi connectivity index (χ1) is 6.24. The van der Waals surface area contributed by atoms with Crippen molar-refractivity contribution in [2.45, 2.75) is 39.3 Å². The van der Waals surface area contributed by atoms with E-state index in [4.69, 9.17) is 5.73 Å². The fourth-order valence-corrected chi connectivity index (χ4v) is 1.73. The number of aromatic nitrogens is 3. The molecule has 1 aromatic heterocycles. The Balaban J connectivity index is 2.23. The van der Waals surface area contributed by atoms with Crippen LogP contribution in [0.4, 0.5) is 0 Å². The Morgan fingerprint density at radius 2 is 2.31 bits per heavy atom. The van der Waals surface area contributed by atoms with Gasteiger partial charge in [-0.15, -0.1) is 5.10 Å². The van der Waals surface area contributed by atoms with Crippen LogP contribution in [0.25, 0.3) is 0 Å². The Hall–Kier alpha value is -0.900. The van der Waals surface area contributed by atoms with Crippen molar-refractivity contribution in [2.24, 2.45) is 11.7 Å². The minimum atomic E-state index is 0.489. The van der Waals surface area contributed by atoms with Crippen LogP contribution >= 0.6 is 0 Å². The average Bonchev–Trinajstić information content (AvgIpc) is 2.89. The molecule has 0 amide bonds. The maximum Gasteiger partial charge on any atom is 0.0991 e. The summed E-state index contributed by atoms with van der Waals surface area (Å²) in [6, 6.07) is 0.493. The molecule has 1 atom stereocenters. The third-order valence-electron chi connectivity index (χ3n) is 2.91. The van der Waals surface area contributed by atoms with E-state index >= 15 is 0 Å². The number of nitrogens with two attached hydrogens (primary N) is 1. The van der Waals surface area contributed by atoms with Gasteiger partial charge in [-0.05, 0) is 32.6 Å². The first-order valence-corrected chi connectivity index (χ1v) is 4.84. The minimum absolute atomic E-state index is 0.489. The fraction of sp³-hybridized carbons (Fsp3) is 0.778. The standard InChI is InChI=1S/C9H16N4/c1-6(8-3-4-8)13-7(2)9(5-10)11-12-13/h6,8H,3-5,10H2,1-2H3. The Kier molecular flexibility index (Phi) is 2.07. The van der Waals surface area contributed by atoms with E-state index in [1.807, 2.05) is 11.6 Å². The molecule has 0 spiro atoms. The van der Waals surface area contributed by atoms with E-state index in [1.165, 1.54) is 12.8 Å². The molecule has 1 heterocycles. The van der Waals surface area contributed by atoms with Gasteiger partial charge in [0.25, 0.3) is 0 Å². The third-order valence-corrected chi connectivity index (χ3v) is 2.91. The predicted molar refractivity (Wildman–Crippen MR) is 50.1 cm³/mol. The molecule has 1 fully saturated rings. The van der Waals surface area contributed by atoms with Crippen LogP contribution in [-0.4, -0.2) is 15.0 Å². The van der Waals surface area contributed by atoms with Gasteiger partial charge >= 0.3 is 0 Å². The van der Waals surface area contributed by atoms with Crippen molar-refractivity contribution < 1.29 is 0 Å². The van der Waals surface area contributed by atoms with Gasteiger partial charge in [-0.3, -0.25) is 0 Å². The highest BCUT2D eigenvalue weighted by Crippen LogP contribution is 2.39. The maximum atomic E-state index is 5.54. The Bertz CT molecular complexity index is 301. The number of rotatable bonds is 3. The first kappa shape index (κ1) is 8.69. The van der Waals surface area contributed by atoms with Crippen molar-refractivity contribution in [1.82, 2.24) is 15.0 Å². The molecule has 1 aromatic rings. The topological polar surface area (TPSA) is 56.7 Å². The van der Waals surface area contributed by atoms with Crippen molar-refractivity contribution >= 4 is 0 Å². The summed E-state index contributed by atoms with van der Waals surface area (Å²) in [6.07, 6.45) is 2.66. The Morgan fingerprint density at radius 1 is 1.62 bits per heavy atom. The fourth-order valence-electron chi connectivity index (χ4n) is 1.73. The molecular formula is C9H16N4. The van der Waals surface area contributed by atoms with Gasteiger partial charge < -0.3 is 5.73 Å². The molecule has 1 unspecified atom stereocenters. The molecule has 2 N–H and O–H groups in total. The number of hydrogen-bond acceptors (Lipinski definition) is 3. The van der Waals surface area contributed by atoms with Crippen LogP contribution in [0.15, 0.2) is 0 Å². The van der Waals surface area contributed by atoms with Gasteiger partial charge in [0, 0.05) is 6.54 Å². The lowest BCUT2D eigenvalue weighted by molar-refractivity contribution is 0.420. The van der Waals surface area contributed by atoms with E-state index < -0.39 is 0 Å². The van der Waals surface area contributed by atoms with Crippen molar-refractivity contribution in [1.29, 1.82) is 0 Å². The van der Waals surface area contributed by atoms with Gasteiger partial charge in [0.2, 0.25) is 0 Å². The molecule has 0 radical (unpaired) electrons. The first-order valence-electron chi connectivity index (χ1n) is 4.84. The third kappa shape index (κ3) is 1.46. The quantitative estimate of drug-likeness (QED) is 0.755. The zero-order valence-electron chi connectivity index (χ0n) is 8.20. The predicted octanol–water partition coefficient (Wildman–Crippen LogP) is 1.02. The van der Waals surface area contributed by atoms with E-state index in [2.05, 4.69) is 17.2 Å². The maximum absolute atomic E-state index is 5.54. The molecule has 0 bridgehead atoms. The lowest BCUT2D eigenvalue weighted by atomic mass is 10.2. The Labute approximate surface area is 78.1 Å². The summed E-state index contributed by atoms with van der Waals surface area (Å²) in [4.78, 5) is 0. The van der Waals surface area contributed by atoms with Crippen LogP contribution in [0.3, 0.4) is 0 Å². The van der Waals surface area contributed by atoms with Crippen molar-refractivity contribution in [3.63, 3.8) is 0 Å². The van der Waals surface area contributed by atoms with Gasteiger partial charge in [-0.25, -0.2) is 4.68 Å². The highest BCUT2D eigenvalue weighted by atomic mass is 15.4. The van der Waals surface area contributed by atoms with Crippen LogP contribution < -0.4 is 5.73 Å². The van der Waals surface area contributed by atoms with Gasteiger partial charge in [0.05, 0.1) is 17.4 Å². The van der Waals surface area contributed by atoms with E-state index in [9.17, 15) is 0 Å². The molecule has 2 rings (SSSR count). The van der Waals surface area contributed by atoms with Gasteiger partial charge in [0.15, 0.2) is 0 Å². The molecule has 0 aliphatic heterocycles. The van der Waals surface area contributed by atoms with Crippen LogP contribution in [0.1, 0.15) is 37.2 Å². The summed E-state index contributed by atoms with van der Waals surface area (Å²) in [6.45, 7) is 4.74. The van der Waals surface area contributed by atoms with Crippen molar-refractivity contribution in [2.75, 3.05) is 0 Å². The summed E-state index contributed by atoms with van der Waals surface area (Å²) in [5.41, 5.74) is 7.59. The van der Waals surface area contributed by atoms with Crippen LogP contribution in [0.2, 0.25) is 0 Å². The highest BCUT2D eigenvalue weighted by Gasteiger charge is 2.30. The summed E-state index contributed by atoms with van der Waals surface area (Å²) in [5.74, 6) is 0.811. The zero-order chi connectivity index (χ0) is 9.42. The van der Waals surface area contributed by atoms with Gasteiger partial charge in [-0.1, -0.05) is 5.21 Å². The monoisotopic (exact) mass is 180 g/mol. The summed E-state index contributed by atoms with van der Waals surface area (Å²) >= 11 is 0. The molecule has 1 aliphatic carbocycles. The van der Waals surface area contributed by atoms with Crippen LogP contribution in [0.5, 0.6) is 0 Å². The minimum Gasteiger partial charge on any atom is -0.325 e. The summed E-state index contributed by atoms with van der Waals surface area (Å²) < 4.78 is 2.01. The van der Waals surface area contributed by atoms with E-state index in [0.29, 0.717) is 12.6 Å². The van der Waals surface area contributed by atoms with Crippen LogP contribution in [0, 0.1) is 12.8 Å². The van der Waals surface area contributed by atoms with Gasteiger partial charge in [0.1, 0.15) is 0 Å². The molecular weight excluding hydrogens is 164 g/mol. The van der Waals surface area contributed by atoms with Crippen LogP contribution in [-0.2, 0) is 6.54 Å². The molecule has 13 heavy (non-hydrogen) atoms. The molecule has 0 saturated heterocycles.